The molecule has 2 amide bonds. The van der Waals surface area contributed by atoms with Crippen LogP contribution in [0.4, 0.5) is 5.69 Å². The normalized spacial score (nSPS) is 16.4. The Hall–Kier alpha value is -4.17. The number of allylic oxidation sites excluding steroid dienone is 1. The van der Waals surface area contributed by atoms with Crippen LogP contribution in [0.15, 0.2) is 100 Å². The van der Waals surface area contributed by atoms with E-state index in [9.17, 15) is 9.59 Å². The Balaban J connectivity index is 1.42. The molecule has 0 spiro atoms. The highest BCUT2D eigenvalue weighted by Gasteiger charge is 2.41. The maximum atomic E-state index is 13.8. The van der Waals surface area contributed by atoms with Gasteiger partial charge in [0.25, 0.3) is 5.91 Å². The second kappa shape index (κ2) is 11.7. The molecule has 2 aliphatic heterocycles. The van der Waals surface area contributed by atoms with E-state index in [2.05, 4.69) is 45.6 Å². The number of aryl methyl sites for hydroxylation is 2. The van der Waals surface area contributed by atoms with Gasteiger partial charge in [0, 0.05) is 36.2 Å². The number of para-hydroxylation sites is 1. The number of thioether (sulfide) groups is 1. The summed E-state index contributed by atoms with van der Waals surface area (Å²) in [4.78, 5) is 38.0. The minimum Gasteiger partial charge on any atom is -0.355 e. The molecule has 0 radical (unpaired) electrons. The molecule has 0 saturated carbocycles. The van der Waals surface area contributed by atoms with Crippen molar-refractivity contribution in [3.63, 3.8) is 0 Å². The van der Waals surface area contributed by atoms with Crippen molar-refractivity contribution in [3.8, 4) is 0 Å². The van der Waals surface area contributed by atoms with E-state index >= 15 is 0 Å². The Bertz CT molecular complexity index is 1480. The quantitative estimate of drug-likeness (QED) is 0.387. The zero-order valence-electron chi connectivity index (χ0n) is 22.3. The van der Waals surface area contributed by atoms with Gasteiger partial charge in [0.1, 0.15) is 0 Å². The van der Waals surface area contributed by atoms with E-state index in [-0.39, 0.29) is 18.2 Å². The van der Waals surface area contributed by atoms with Gasteiger partial charge < -0.3 is 15.5 Å². The lowest BCUT2D eigenvalue weighted by atomic mass is 9.89. The number of pyridine rings is 1. The first-order valence-electron chi connectivity index (χ1n) is 13.0. The highest BCUT2D eigenvalue weighted by atomic mass is 32.2. The smallest absolute Gasteiger partial charge is 0.255 e. The van der Waals surface area contributed by atoms with Gasteiger partial charge in [-0.2, -0.15) is 0 Å². The third kappa shape index (κ3) is 5.96. The summed E-state index contributed by atoms with van der Waals surface area (Å²) < 4.78 is 0. The van der Waals surface area contributed by atoms with Gasteiger partial charge in [-0.05, 0) is 61.6 Å². The van der Waals surface area contributed by atoms with Crippen LogP contribution in [0, 0.1) is 13.8 Å². The van der Waals surface area contributed by atoms with Crippen LogP contribution < -0.4 is 10.6 Å². The number of hydrogen-bond acceptors (Lipinski definition) is 6. The van der Waals surface area contributed by atoms with Crippen molar-refractivity contribution in [2.24, 2.45) is 4.99 Å². The first-order chi connectivity index (χ1) is 18.9. The van der Waals surface area contributed by atoms with Crippen LogP contribution in [0.1, 0.15) is 41.8 Å². The Morgan fingerprint density at radius 3 is 2.56 bits per heavy atom. The Morgan fingerprint density at radius 2 is 1.79 bits per heavy atom. The monoisotopic (exact) mass is 537 g/mol. The van der Waals surface area contributed by atoms with Gasteiger partial charge in [-0.1, -0.05) is 59.8 Å². The largest absolute Gasteiger partial charge is 0.355 e. The standard InChI is InChI=1S/C31H31N5O2S/c1-20-12-13-21(2)26(17-20)29-28(30(38)35-24-10-5-4-6-11-24)22(3)34-31-36(29)25(19-39-31)18-27(37)33-16-14-23-9-7-8-15-32-23/h4-13,15,17,19,29H,14,16,18H2,1-3H3,(H,33,37)(H,35,38). The number of rotatable bonds is 8. The number of nitrogens with zero attached hydrogens (tertiary/aromatic N) is 3. The number of aliphatic imine (C=N–C) groups is 1. The highest BCUT2D eigenvalue weighted by molar-refractivity contribution is 8.16. The number of amidine groups is 1. The molecule has 0 aliphatic carbocycles. The van der Waals surface area contributed by atoms with E-state index in [1.165, 1.54) is 11.8 Å². The number of amides is 2. The van der Waals surface area contributed by atoms with Gasteiger partial charge >= 0.3 is 0 Å². The van der Waals surface area contributed by atoms with Crippen molar-refractivity contribution >= 4 is 34.4 Å². The predicted molar refractivity (Wildman–Crippen MR) is 157 cm³/mol. The minimum atomic E-state index is -0.413. The molecule has 8 heteroatoms. The van der Waals surface area contributed by atoms with Crippen LogP contribution in [0.2, 0.25) is 0 Å². The number of anilines is 1. The number of carbonyl (C=O) groups excluding carboxylic acids is 2. The number of benzene rings is 2. The SMILES string of the molecule is CC1=C(C(=O)Nc2ccccc2)C(c2cc(C)ccc2C)N2C(CC(=O)NCCc3ccccn3)=CSC2=N1. The molecule has 0 saturated heterocycles. The average Bonchev–Trinajstić information content (AvgIpc) is 3.32. The Kier molecular flexibility index (Phi) is 7.93. The molecule has 5 rings (SSSR count). The zero-order valence-corrected chi connectivity index (χ0v) is 23.1. The van der Waals surface area contributed by atoms with Crippen LogP contribution in [0.5, 0.6) is 0 Å². The van der Waals surface area contributed by atoms with E-state index in [1.807, 2.05) is 67.8 Å². The predicted octanol–water partition coefficient (Wildman–Crippen LogP) is 5.66. The molecule has 0 fully saturated rings. The van der Waals surface area contributed by atoms with E-state index in [0.717, 1.165) is 38.9 Å². The zero-order chi connectivity index (χ0) is 27.4. The molecule has 3 aromatic rings. The average molecular weight is 538 g/mol. The molecule has 2 aliphatic rings. The van der Waals surface area contributed by atoms with Gasteiger partial charge in [-0.25, -0.2) is 4.99 Å². The van der Waals surface area contributed by atoms with Crippen molar-refractivity contribution in [3.05, 3.63) is 118 Å². The molecule has 1 unspecified atom stereocenters. The highest BCUT2D eigenvalue weighted by Crippen LogP contribution is 2.45. The number of nitrogens with one attached hydrogen (secondary N) is 2. The summed E-state index contributed by atoms with van der Waals surface area (Å²) in [6.07, 6.45) is 2.60. The third-order valence-corrected chi connectivity index (χ3v) is 7.67. The van der Waals surface area contributed by atoms with E-state index < -0.39 is 6.04 Å². The summed E-state index contributed by atoms with van der Waals surface area (Å²) in [6, 6.07) is 21.0. The Morgan fingerprint density at radius 1 is 1.00 bits per heavy atom. The lowest BCUT2D eigenvalue weighted by Gasteiger charge is -2.37. The van der Waals surface area contributed by atoms with Gasteiger partial charge in [-0.3, -0.25) is 14.6 Å². The van der Waals surface area contributed by atoms with E-state index in [0.29, 0.717) is 24.2 Å². The number of fused-ring (bicyclic) bond motifs is 1. The van der Waals surface area contributed by atoms with E-state index in [1.54, 1.807) is 6.20 Å². The second-order valence-electron chi connectivity index (χ2n) is 9.67. The topological polar surface area (TPSA) is 86.7 Å². The van der Waals surface area contributed by atoms with Crippen molar-refractivity contribution in [2.75, 3.05) is 11.9 Å². The summed E-state index contributed by atoms with van der Waals surface area (Å²) in [5.74, 6) is -0.288. The summed E-state index contributed by atoms with van der Waals surface area (Å²) in [5, 5.41) is 8.81. The Labute approximate surface area is 233 Å². The summed E-state index contributed by atoms with van der Waals surface area (Å²) in [7, 11) is 0. The van der Waals surface area contributed by atoms with Crippen molar-refractivity contribution in [1.82, 2.24) is 15.2 Å². The molecular weight excluding hydrogens is 506 g/mol. The van der Waals surface area contributed by atoms with Crippen LogP contribution in [-0.4, -0.2) is 33.4 Å². The summed E-state index contributed by atoms with van der Waals surface area (Å²) in [6.45, 7) is 6.48. The van der Waals surface area contributed by atoms with Crippen molar-refractivity contribution < 1.29 is 9.59 Å². The molecule has 1 atom stereocenters. The number of aromatic nitrogens is 1. The van der Waals surface area contributed by atoms with Crippen molar-refractivity contribution in [2.45, 2.75) is 39.7 Å². The maximum Gasteiger partial charge on any atom is 0.255 e. The first kappa shape index (κ1) is 26.4. The lowest BCUT2D eigenvalue weighted by molar-refractivity contribution is -0.120. The van der Waals surface area contributed by atoms with Crippen LogP contribution in [0.25, 0.3) is 0 Å². The molecule has 39 heavy (non-hydrogen) atoms. The second-order valence-corrected chi connectivity index (χ2v) is 10.5. The molecule has 3 heterocycles. The molecule has 2 N–H and O–H groups in total. The van der Waals surface area contributed by atoms with Crippen LogP contribution >= 0.6 is 11.8 Å². The number of carbonyl (C=O) groups is 2. The fourth-order valence-electron chi connectivity index (χ4n) is 4.83. The summed E-state index contributed by atoms with van der Waals surface area (Å²) in [5.41, 5.74) is 6.90. The van der Waals surface area contributed by atoms with E-state index in [4.69, 9.17) is 4.99 Å². The molecule has 2 aromatic carbocycles. The van der Waals surface area contributed by atoms with Gasteiger partial charge in [0.2, 0.25) is 5.91 Å². The van der Waals surface area contributed by atoms with Gasteiger partial charge in [-0.15, -0.1) is 0 Å². The van der Waals surface area contributed by atoms with Crippen molar-refractivity contribution in [1.29, 1.82) is 0 Å². The van der Waals surface area contributed by atoms with Gasteiger partial charge in [0.05, 0.1) is 23.7 Å². The van der Waals surface area contributed by atoms with Gasteiger partial charge in [0.15, 0.2) is 5.17 Å². The van der Waals surface area contributed by atoms with Crippen LogP contribution in [-0.2, 0) is 16.0 Å². The molecular formula is C31H31N5O2S. The minimum absolute atomic E-state index is 0.0830. The molecule has 1 aromatic heterocycles. The lowest BCUT2D eigenvalue weighted by Crippen LogP contribution is -2.39. The summed E-state index contributed by atoms with van der Waals surface area (Å²) >= 11 is 1.49. The fraction of sp³-hybridized carbons (Fsp3) is 0.226. The fourth-order valence-corrected chi connectivity index (χ4v) is 5.80. The third-order valence-electron chi connectivity index (χ3n) is 6.78. The van der Waals surface area contributed by atoms with Crippen LogP contribution in [0.3, 0.4) is 0 Å². The molecule has 0 bridgehead atoms. The maximum absolute atomic E-state index is 13.8. The first-order valence-corrected chi connectivity index (χ1v) is 13.8. The molecule has 7 nitrogen and oxygen atoms in total. The number of hydrogen-bond donors (Lipinski definition) is 2. The molecule has 198 valence electrons.